The number of nitrogens with zero attached hydrogens (tertiary/aromatic N) is 2. The molecule has 5 nitrogen and oxygen atoms in total. The highest BCUT2D eigenvalue weighted by Crippen LogP contribution is 2.20. The van der Waals surface area contributed by atoms with Gasteiger partial charge in [0.1, 0.15) is 6.26 Å². The number of hydrogen-bond donors (Lipinski definition) is 1. The average molecular weight is 319 g/mol. The monoisotopic (exact) mass is 319 g/mol. The first-order valence-corrected chi connectivity index (χ1v) is 8.32. The number of rotatable bonds is 8. The fraction of sp³-hybridized carbons (Fsp3) is 0.375. The van der Waals surface area contributed by atoms with Gasteiger partial charge in [0.2, 0.25) is 11.8 Å². The summed E-state index contributed by atoms with van der Waals surface area (Å²) in [4.78, 5) is 18.1. The Balaban J connectivity index is 1.78. The topological polar surface area (TPSA) is 58.4 Å². The van der Waals surface area contributed by atoms with Gasteiger partial charge in [0, 0.05) is 31.5 Å². The van der Waals surface area contributed by atoms with E-state index in [0.29, 0.717) is 17.4 Å². The van der Waals surface area contributed by atoms with Gasteiger partial charge in [0.05, 0.1) is 11.4 Å². The van der Waals surface area contributed by atoms with Crippen molar-refractivity contribution < 1.29 is 9.21 Å². The smallest absolute Gasteiger partial charge is 0.232 e. The SMILES string of the molecule is CNCCN(C)C(=O)CSCc1coc(-c2ccccc2)n1. The molecular formula is C16H21N3O2S. The number of carbonyl (C=O) groups excluding carboxylic acids is 1. The Morgan fingerprint density at radius 2 is 2.14 bits per heavy atom. The molecular weight excluding hydrogens is 298 g/mol. The van der Waals surface area contributed by atoms with Gasteiger partial charge in [-0.2, -0.15) is 0 Å². The minimum absolute atomic E-state index is 0.132. The average Bonchev–Trinajstić information content (AvgIpc) is 3.02. The van der Waals surface area contributed by atoms with E-state index < -0.39 is 0 Å². The lowest BCUT2D eigenvalue weighted by Crippen LogP contribution is -2.33. The number of oxazole rings is 1. The Morgan fingerprint density at radius 3 is 2.86 bits per heavy atom. The molecule has 1 aromatic carbocycles. The van der Waals surface area contributed by atoms with E-state index in [1.54, 1.807) is 22.9 Å². The highest BCUT2D eigenvalue weighted by atomic mass is 32.2. The van der Waals surface area contributed by atoms with Crippen molar-refractivity contribution in [2.45, 2.75) is 5.75 Å². The van der Waals surface area contributed by atoms with Crippen LogP contribution in [0.15, 0.2) is 41.0 Å². The van der Waals surface area contributed by atoms with Gasteiger partial charge in [0.15, 0.2) is 0 Å². The van der Waals surface area contributed by atoms with Crippen LogP contribution in [0.4, 0.5) is 0 Å². The molecule has 2 aromatic rings. The van der Waals surface area contributed by atoms with E-state index in [4.69, 9.17) is 4.42 Å². The van der Waals surface area contributed by atoms with Crippen molar-refractivity contribution in [3.8, 4) is 11.5 Å². The van der Waals surface area contributed by atoms with Gasteiger partial charge in [-0.1, -0.05) is 18.2 Å². The molecule has 0 saturated heterocycles. The first-order chi connectivity index (χ1) is 10.7. The lowest BCUT2D eigenvalue weighted by Gasteiger charge is -2.16. The zero-order chi connectivity index (χ0) is 15.8. The maximum Gasteiger partial charge on any atom is 0.232 e. The molecule has 2 rings (SSSR count). The van der Waals surface area contributed by atoms with Crippen molar-refractivity contribution in [2.75, 3.05) is 32.9 Å². The number of thioether (sulfide) groups is 1. The first kappa shape index (κ1) is 16.6. The summed E-state index contributed by atoms with van der Waals surface area (Å²) < 4.78 is 5.48. The van der Waals surface area contributed by atoms with Crippen molar-refractivity contribution in [3.05, 3.63) is 42.3 Å². The lowest BCUT2D eigenvalue weighted by atomic mass is 10.2. The second-order valence-corrected chi connectivity index (χ2v) is 5.91. The minimum Gasteiger partial charge on any atom is -0.444 e. The summed E-state index contributed by atoms with van der Waals surface area (Å²) in [7, 11) is 3.70. The van der Waals surface area contributed by atoms with Crippen molar-refractivity contribution in [2.24, 2.45) is 0 Å². The van der Waals surface area contributed by atoms with Gasteiger partial charge >= 0.3 is 0 Å². The number of likely N-dealkylation sites (N-methyl/N-ethyl adjacent to an activating group) is 2. The standard InChI is InChI=1S/C16H21N3O2S/c1-17-8-9-19(2)15(20)12-22-11-14-10-21-16(18-14)13-6-4-3-5-7-13/h3-7,10,17H,8-9,11-12H2,1-2H3. The Labute approximate surface area is 135 Å². The molecule has 1 heterocycles. The third kappa shape index (κ3) is 4.89. The molecule has 6 heteroatoms. The zero-order valence-corrected chi connectivity index (χ0v) is 13.7. The van der Waals surface area contributed by atoms with Crippen LogP contribution in [0.25, 0.3) is 11.5 Å². The molecule has 118 valence electrons. The summed E-state index contributed by atoms with van der Waals surface area (Å²) in [5, 5.41) is 3.03. The fourth-order valence-electron chi connectivity index (χ4n) is 1.84. The van der Waals surface area contributed by atoms with Crippen LogP contribution >= 0.6 is 11.8 Å². The van der Waals surface area contributed by atoms with Crippen LogP contribution in [0.5, 0.6) is 0 Å². The Hall–Kier alpha value is -1.79. The predicted octanol–water partition coefficient (Wildman–Crippen LogP) is 2.25. The molecule has 0 fully saturated rings. The number of nitrogens with one attached hydrogen (secondary N) is 1. The third-order valence-corrected chi connectivity index (χ3v) is 4.12. The molecule has 0 saturated carbocycles. The van der Waals surface area contributed by atoms with E-state index in [9.17, 15) is 4.79 Å². The maximum atomic E-state index is 11.9. The molecule has 0 aliphatic heterocycles. The molecule has 0 radical (unpaired) electrons. The van der Waals surface area contributed by atoms with Crippen LogP contribution < -0.4 is 5.32 Å². The normalized spacial score (nSPS) is 10.6. The maximum absolute atomic E-state index is 11.9. The number of aromatic nitrogens is 1. The third-order valence-electron chi connectivity index (χ3n) is 3.17. The van der Waals surface area contributed by atoms with E-state index in [1.807, 2.05) is 44.4 Å². The van der Waals surface area contributed by atoms with Crippen molar-refractivity contribution in [1.29, 1.82) is 0 Å². The molecule has 0 aliphatic rings. The van der Waals surface area contributed by atoms with Crippen LogP contribution in [0.3, 0.4) is 0 Å². The van der Waals surface area contributed by atoms with Crippen molar-refractivity contribution in [3.63, 3.8) is 0 Å². The van der Waals surface area contributed by atoms with Crippen LogP contribution in [-0.2, 0) is 10.5 Å². The molecule has 0 unspecified atom stereocenters. The molecule has 1 N–H and O–H groups in total. The fourth-order valence-corrected chi connectivity index (χ4v) is 2.68. The van der Waals surface area contributed by atoms with Crippen LogP contribution in [0, 0.1) is 0 Å². The van der Waals surface area contributed by atoms with Gasteiger partial charge in [0.25, 0.3) is 0 Å². The second kappa shape index (κ2) is 8.60. The van der Waals surface area contributed by atoms with Gasteiger partial charge in [-0.15, -0.1) is 11.8 Å². The Kier molecular flexibility index (Phi) is 6.48. The molecule has 22 heavy (non-hydrogen) atoms. The molecule has 0 bridgehead atoms. The van der Waals surface area contributed by atoms with Gasteiger partial charge in [-0.05, 0) is 19.2 Å². The summed E-state index contributed by atoms with van der Waals surface area (Å²) >= 11 is 1.55. The number of benzene rings is 1. The molecule has 0 aliphatic carbocycles. The number of amides is 1. The number of carbonyl (C=O) groups is 1. The van der Waals surface area contributed by atoms with Crippen LogP contribution in [0.1, 0.15) is 5.69 Å². The molecule has 0 spiro atoms. The molecule has 0 atom stereocenters. The van der Waals surface area contributed by atoms with Crippen LogP contribution in [0.2, 0.25) is 0 Å². The van der Waals surface area contributed by atoms with E-state index >= 15 is 0 Å². The van der Waals surface area contributed by atoms with E-state index in [0.717, 1.165) is 24.3 Å². The summed E-state index contributed by atoms with van der Waals surface area (Å²) in [5.41, 5.74) is 1.82. The molecule has 1 amide bonds. The zero-order valence-electron chi connectivity index (χ0n) is 12.9. The van der Waals surface area contributed by atoms with E-state index in [1.165, 1.54) is 0 Å². The van der Waals surface area contributed by atoms with Gasteiger partial charge in [-0.3, -0.25) is 4.79 Å². The summed E-state index contributed by atoms with van der Waals surface area (Å²) in [6, 6.07) is 9.78. The van der Waals surface area contributed by atoms with Gasteiger partial charge < -0.3 is 14.6 Å². The largest absolute Gasteiger partial charge is 0.444 e. The van der Waals surface area contributed by atoms with E-state index in [-0.39, 0.29) is 5.91 Å². The summed E-state index contributed by atoms with van der Waals surface area (Å²) in [6.45, 7) is 1.52. The highest BCUT2D eigenvalue weighted by Gasteiger charge is 2.10. The Morgan fingerprint density at radius 1 is 1.36 bits per heavy atom. The van der Waals surface area contributed by atoms with Crippen molar-refractivity contribution >= 4 is 17.7 Å². The molecule has 1 aromatic heterocycles. The quantitative estimate of drug-likeness (QED) is 0.809. The predicted molar refractivity (Wildman–Crippen MR) is 89.7 cm³/mol. The van der Waals surface area contributed by atoms with E-state index in [2.05, 4.69) is 10.3 Å². The summed E-state index contributed by atoms with van der Waals surface area (Å²) in [5.74, 6) is 1.87. The lowest BCUT2D eigenvalue weighted by molar-refractivity contribution is -0.127. The summed E-state index contributed by atoms with van der Waals surface area (Å²) in [6.07, 6.45) is 1.66. The first-order valence-electron chi connectivity index (χ1n) is 7.17. The van der Waals surface area contributed by atoms with Crippen LogP contribution in [-0.4, -0.2) is 48.7 Å². The Bertz CT molecular complexity index is 586. The number of hydrogen-bond acceptors (Lipinski definition) is 5. The van der Waals surface area contributed by atoms with Crippen molar-refractivity contribution in [1.82, 2.24) is 15.2 Å². The minimum atomic E-state index is 0.132. The highest BCUT2D eigenvalue weighted by molar-refractivity contribution is 7.99. The second-order valence-electron chi connectivity index (χ2n) is 4.92. The van der Waals surface area contributed by atoms with Gasteiger partial charge in [-0.25, -0.2) is 4.98 Å².